The molecule has 196 valence electrons. The van der Waals surface area contributed by atoms with Gasteiger partial charge >= 0.3 is 0 Å². The van der Waals surface area contributed by atoms with E-state index in [0.717, 1.165) is 59.5 Å². The lowest BCUT2D eigenvalue weighted by Gasteiger charge is -2.29. The Morgan fingerprint density at radius 2 is 1.76 bits per heavy atom. The molecule has 5 rings (SSSR count). The molecule has 9 heteroatoms. The summed E-state index contributed by atoms with van der Waals surface area (Å²) in [5, 5.41) is 6.19. The Hall–Kier alpha value is -3.46. The maximum atomic E-state index is 13.4. The van der Waals surface area contributed by atoms with Crippen LogP contribution in [0.25, 0.3) is 22.3 Å². The topological polar surface area (TPSA) is 118 Å². The minimum Gasteiger partial charge on any atom is -0.493 e. The monoisotopic (exact) mass is 505 g/mol. The van der Waals surface area contributed by atoms with E-state index in [9.17, 15) is 9.59 Å². The summed E-state index contributed by atoms with van der Waals surface area (Å²) >= 11 is 0. The molecule has 0 aliphatic heterocycles. The second kappa shape index (κ2) is 10.9. The number of aromatic amines is 1. The van der Waals surface area contributed by atoms with Gasteiger partial charge in [0.15, 0.2) is 0 Å². The van der Waals surface area contributed by atoms with E-state index in [1.54, 1.807) is 0 Å². The van der Waals surface area contributed by atoms with Crippen molar-refractivity contribution in [3.63, 3.8) is 0 Å². The smallest absolute Gasteiger partial charge is 0.255 e. The molecule has 0 atom stereocenters. The number of H-pyrrole nitrogens is 1. The number of benzene rings is 1. The lowest BCUT2D eigenvalue weighted by molar-refractivity contribution is -0.125. The molecule has 2 aromatic heterocycles. The summed E-state index contributed by atoms with van der Waals surface area (Å²) in [5.74, 6) is 1.19. The predicted octanol–water partition coefficient (Wildman–Crippen LogP) is 3.83. The summed E-state index contributed by atoms with van der Waals surface area (Å²) in [5.41, 5.74) is 5.37. The molecule has 1 aromatic carbocycles. The van der Waals surface area contributed by atoms with Crippen molar-refractivity contribution in [1.29, 1.82) is 0 Å². The second-order valence-electron chi connectivity index (χ2n) is 10.3. The van der Waals surface area contributed by atoms with Crippen LogP contribution in [-0.2, 0) is 9.53 Å². The molecule has 0 bridgehead atoms. The third kappa shape index (κ3) is 5.77. The molecule has 0 spiro atoms. The van der Waals surface area contributed by atoms with E-state index >= 15 is 0 Å². The van der Waals surface area contributed by atoms with Gasteiger partial charge in [0.1, 0.15) is 29.9 Å². The number of aromatic nitrogens is 3. The molecule has 2 aliphatic carbocycles. The molecule has 0 radical (unpaired) electrons. The van der Waals surface area contributed by atoms with Crippen LogP contribution in [0.5, 0.6) is 5.75 Å². The highest BCUT2D eigenvalue weighted by Crippen LogP contribution is 2.37. The lowest BCUT2D eigenvalue weighted by Crippen LogP contribution is -2.44. The van der Waals surface area contributed by atoms with Crippen molar-refractivity contribution in [3.05, 3.63) is 41.3 Å². The molecule has 3 aromatic rings. The molecule has 2 fully saturated rings. The van der Waals surface area contributed by atoms with Gasteiger partial charge in [0.2, 0.25) is 5.91 Å². The largest absolute Gasteiger partial charge is 0.493 e. The van der Waals surface area contributed by atoms with Gasteiger partial charge in [0.05, 0.1) is 17.7 Å². The van der Waals surface area contributed by atoms with Crippen molar-refractivity contribution in [2.24, 2.45) is 5.92 Å². The Bertz CT molecular complexity index is 1290. The van der Waals surface area contributed by atoms with Gasteiger partial charge in [-0.25, -0.2) is 9.97 Å². The summed E-state index contributed by atoms with van der Waals surface area (Å²) in [7, 11) is 1.51. The maximum absolute atomic E-state index is 13.4. The van der Waals surface area contributed by atoms with E-state index in [1.165, 1.54) is 26.3 Å². The zero-order valence-corrected chi connectivity index (χ0v) is 21.7. The van der Waals surface area contributed by atoms with E-state index < -0.39 is 0 Å². The van der Waals surface area contributed by atoms with E-state index in [1.807, 2.05) is 26.0 Å². The number of carbonyl (C=O) groups excluding carboxylic acids is 2. The van der Waals surface area contributed by atoms with Crippen LogP contribution in [-0.4, -0.2) is 59.2 Å². The minimum atomic E-state index is -0.144. The average Bonchev–Trinajstić information content (AvgIpc) is 3.64. The van der Waals surface area contributed by atoms with Crippen LogP contribution in [0, 0.1) is 19.8 Å². The van der Waals surface area contributed by atoms with Crippen molar-refractivity contribution < 1.29 is 19.1 Å². The number of amides is 2. The molecular formula is C28H35N5O4. The number of aryl methyl sites for hydroxylation is 2. The molecule has 2 aliphatic rings. The molecule has 3 N–H and O–H groups in total. The highest BCUT2D eigenvalue weighted by molar-refractivity contribution is 6.09. The summed E-state index contributed by atoms with van der Waals surface area (Å²) in [6.45, 7) is 4.71. The number of fused-ring (bicyclic) bond motifs is 1. The highest BCUT2D eigenvalue weighted by atomic mass is 16.5. The number of hydrogen-bond acceptors (Lipinski definition) is 6. The van der Waals surface area contributed by atoms with Gasteiger partial charge in [-0.2, -0.15) is 0 Å². The fourth-order valence-corrected chi connectivity index (χ4v) is 5.09. The number of nitrogens with zero attached hydrogens (tertiary/aromatic N) is 2. The maximum Gasteiger partial charge on any atom is 0.255 e. The zero-order chi connectivity index (χ0) is 25.9. The van der Waals surface area contributed by atoms with Gasteiger partial charge in [-0.05, 0) is 70.4 Å². The Kier molecular flexibility index (Phi) is 7.41. The SMILES string of the molecule is COCC(=O)N[C@H]1CC[C@H](NC(=O)c2c(C)[nH]c3c(-c4cc(C)ccc4OCC4CC4)ncnc23)CC1. The highest BCUT2D eigenvalue weighted by Gasteiger charge is 2.27. The zero-order valence-electron chi connectivity index (χ0n) is 21.7. The third-order valence-corrected chi connectivity index (χ3v) is 7.26. The quantitative estimate of drug-likeness (QED) is 0.407. The van der Waals surface area contributed by atoms with E-state index in [-0.39, 0.29) is 30.5 Å². The minimum absolute atomic E-state index is 0.0490. The normalized spacial score (nSPS) is 19.5. The Morgan fingerprint density at radius 3 is 2.46 bits per heavy atom. The van der Waals surface area contributed by atoms with Crippen molar-refractivity contribution in [3.8, 4) is 17.0 Å². The standard InChI is InChI=1S/C28H35N5O4/c1-16-4-11-22(37-13-18-5-6-18)21(12-16)25-27-26(30-15-29-25)24(17(2)31-27)28(35)33-20-9-7-19(8-10-20)32-23(34)14-36-3/h4,11-12,15,18-20,31H,5-10,13-14H2,1-3H3,(H,32,34)(H,33,35)/t19-,20-. The molecule has 2 amide bonds. The number of hydrogen-bond donors (Lipinski definition) is 3. The van der Waals surface area contributed by atoms with Crippen LogP contribution in [0.15, 0.2) is 24.5 Å². The lowest BCUT2D eigenvalue weighted by atomic mass is 9.91. The molecule has 9 nitrogen and oxygen atoms in total. The van der Waals surface area contributed by atoms with Crippen LogP contribution in [0.3, 0.4) is 0 Å². The molecule has 0 saturated heterocycles. The van der Waals surface area contributed by atoms with Crippen molar-refractivity contribution >= 4 is 22.8 Å². The van der Waals surface area contributed by atoms with Gasteiger partial charge in [0.25, 0.3) is 5.91 Å². The van der Waals surface area contributed by atoms with Crippen LogP contribution in [0.2, 0.25) is 0 Å². The second-order valence-corrected chi connectivity index (χ2v) is 10.3. The number of carbonyl (C=O) groups is 2. The molecule has 0 unspecified atom stereocenters. The van der Waals surface area contributed by atoms with Crippen molar-refractivity contribution in [2.45, 2.75) is 64.5 Å². The first-order chi connectivity index (χ1) is 17.9. The predicted molar refractivity (Wildman–Crippen MR) is 141 cm³/mol. The van der Waals surface area contributed by atoms with Crippen LogP contribution < -0.4 is 15.4 Å². The molecule has 2 heterocycles. The van der Waals surface area contributed by atoms with Crippen molar-refractivity contribution in [2.75, 3.05) is 20.3 Å². The number of rotatable bonds is 9. The summed E-state index contributed by atoms with van der Waals surface area (Å²) in [4.78, 5) is 37.7. The van der Waals surface area contributed by atoms with Crippen LogP contribution >= 0.6 is 0 Å². The summed E-state index contributed by atoms with van der Waals surface area (Å²) in [6.07, 6.45) is 7.19. The Labute approximate surface area is 216 Å². The molecule has 37 heavy (non-hydrogen) atoms. The van der Waals surface area contributed by atoms with E-state index in [2.05, 4.69) is 31.7 Å². The molecular weight excluding hydrogens is 470 g/mol. The average molecular weight is 506 g/mol. The number of nitrogens with one attached hydrogen (secondary N) is 3. The summed E-state index contributed by atoms with van der Waals surface area (Å²) < 4.78 is 11.1. The fourth-order valence-electron chi connectivity index (χ4n) is 5.09. The Morgan fingerprint density at radius 1 is 1.03 bits per heavy atom. The van der Waals surface area contributed by atoms with Gasteiger partial charge in [0, 0.05) is 30.5 Å². The van der Waals surface area contributed by atoms with Gasteiger partial charge < -0.3 is 25.1 Å². The number of methoxy groups -OCH3 is 1. The summed E-state index contributed by atoms with van der Waals surface area (Å²) in [6, 6.07) is 6.28. The first-order valence-corrected chi connectivity index (χ1v) is 13.1. The van der Waals surface area contributed by atoms with E-state index in [4.69, 9.17) is 9.47 Å². The fraction of sp³-hybridized carbons (Fsp3) is 0.500. The van der Waals surface area contributed by atoms with Gasteiger partial charge in [-0.3, -0.25) is 9.59 Å². The van der Waals surface area contributed by atoms with Crippen molar-refractivity contribution in [1.82, 2.24) is 25.6 Å². The first kappa shape index (κ1) is 25.2. The molecule has 2 saturated carbocycles. The van der Waals surface area contributed by atoms with Gasteiger partial charge in [-0.1, -0.05) is 11.6 Å². The number of ether oxygens (including phenoxy) is 2. The van der Waals surface area contributed by atoms with E-state index in [0.29, 0.717) is 23.6 Å². The van der Waals surface area contributed by atoms with Crippen LogP contribution in [0.4, 0.5) is 0 Å². The first-order valence-electron chi connectivity index (χ1n) is 13.1. The van der Waals surface area contributed by atoms with Gasteiger partial charge in [-0.15, -0.1) is 0 Å². The Balaban J connectivity index is 1.34. The van der Waals surface area contributed by atoms with Crippen LogP contribution in [0.1, 0.15) is 60.1 Å². The third-order valence-electron chi connectivity index (χ3n) is 7.26.